The maximum Gasteiger partial charge on any atom is 0.131 e. The van der Waals surface area contributed by atoms with Crippen molar-refractivity contribution < 1.29 is 10.2 Å². The average molecular weight is 366 g/mol. The molecule has 0 bridgehead atoms. The lowest BCUT2D eigenvalue weighted by Crippen LogP contribution is -1.92. The van der Waals surface area contributed by atoms with Gasteiger partial charge in [0.2, 0.25) is 0 Å². The Morgan fingerprint density at radius 1 is 0.536 bits per heavy atom. The van der Waals surface area contributed by atoms with Gasteiger partial charge in [-0.2, -0.15) is 0 Å². The smallest absolute Gasteiger partial charge is 0.131 e. The van der Waals surface area contributed by atoms with Crippen molar-refractivity contribution in [3.8, 4) is 11.5 Å². The lowest BCUT2D eigenvalue weighted by molar-refractivity contribution is 0.478. The van der Waals surface area contributed by atoms with E-state index in [-0.39, 0.29) is 11.5 Å². The van der Waals surface area contributed by atoms with Gasteiger partial charge in [-0.3, -0.25) is 0 Å². The summed E-state index contributed by atoms with van der Waals surface area (Å²) < 4.78 is 0. The molecule has 5 aromatic carbocycles. The van der Waals surface area contributed by atoms with Crippen LogP contribution in [-0.2, 0) is 12.8 Å². The Morgan fingerprint density at radius 3 is 1.25 bits per heavy atom. The monoisotopic (exact) mass is 366 g/mol. The summed E-state index contributed by atoms with van der Waals surface area (Å²) in [4.78, 5) is 0. The molecule has 0 aromatic heterocycles. The molecule has 0 amide bonds. The summed E-state index contributed by atoms with van der Waals surface area (Å²) in [5.74, 6) is 0.459. The second-order valence-electron chi connectivity index (χ2n) is 7.52. The molecule has 5 aromatic rings. The average Bonchev–Trinajstić information content (AvgIpc) is 2.74. The summed E-state index contributed by atoms with van der Waals surface area (Å²) in [5.41, 5.74) is 2.68. The Hall–Kier alpha value is -3.26. The highest BCUT2D eigenvalue weighted by atomic mass is 16.3. The number of hydrogen-bond donors (Lipinski definition) is 2. The van der Waals surface area contributed by atoms with Crippen molar-refractivity contribution in [2.24, 2.45) is 0 Å². The molecule has 0 unspecified atom stereocenters. The molecule has 2 N–H and O–H groups in total. The molecule has 5 rings (SSSR count). The molecule has 0 saturated carbocycles. The first-order valence-electron chi connectivity index (χ1n) is 9.86. The predicted molar refractivity (Wildman–Crippen MR) is 119 cm³/mol. The summed E-state index contributed by atoms with van der Waals surface area (Å²) in [6, 6.07) is 20.4. The third-order valence-electron chi connectivity index (χ3n) is 5.96. The van der Waals surface area contributed by atoms with Gasteiger partial charge in [-0.1, -0.05) is 50.2 Å². The minimum atomic E-state index is 0.230. The van der Waals surface area contributed by atoms with E-state index in [1.54, 1.807) is 0 Å². The standard InChI is InChI=1S/C26H22O2/c1-3-15-9-19-13-23-24(14-20(19)10-16(15)4-2)26(28)22-12-18-8-6-5-7-17(18)11-21(22)25(23)27/h5-14,27-28H,3-4H2,1-2H3. The largest absolute Gasteiger partial charge is 0.507 e. The fourth-order valence-corrected chi connectivity index (χ4v) is 4.42. The van der Waals surface area contributed by atoms with Gasteiger partial charge >= 0.3 is 0 Å². The molecular weight excluding hydrogens is 344 g/mol. The van der Waals surface area contributed by atoms with Gasteiger partial charge < -0.3 is 10.2 Å². The minimum Gasteiger partial charge on any atom is -0.507 e. The fraction of sp³-hybridized carbons (Fsp3) is 0.154. The number of phenols is 2. The van der Waals surface area contributed by atoms with Crippen molar-refractivity contribution in [2.75, 3.05) is 0 Å². The number of benzene rings is 5. The van der Waals surface area contributed by atoms with Gasteiger partial charge in [0.1, 0.15) is 11.5 Å². The van der Waals surface area contributed by atoms with E-state index in [1.165, 1.54) is 11.1 Å². The van der Waals surface area contributed by atoms with E-state index in [2.05, 4.69) is 26.0 Å². The van der Waals surface area contributed by atoms with E-state index in [0.717, 1.165) is 34.4 Å². The lowest BCUT2D eigenvalue weighted by Gasteiger charge is -2.14. The molecule has 0 aliphatic rings. The van der Waals surface area contributed by atoms with Crippen LogP contribution in [0.4, 0.5) is 0 Å². The summed E-state index contributed by atoms with van der Waals surface area (Å²) >= 11 is 0. The van der Waals surface area contributed by atoms with Crippen LogP contribution in [0.25, 0.3) is 43.1 Å². The molecule has 28 heavy (non-hydrogen) atoms. The number of phenolic OH excluding ortho intramolecular Hbond substituents is 2. The first kappa shape index (κ1) is 16.9. The SMILES string of the molecule is CCc1cc2cc3c(O)c4cc5ccccc5cc4c(O)c3cc2cc1CC. The Morgan fingerprint density at radius 2 is 0.893 bits per heavy atom. The number of aryl methyl sites for hydroxylation is 2. The van der Waals surface area contributed by atoms with Crippen LogP contribution < -0.4 is 0 Å². The summed E-state index contributed by atoms with van der Waals surface area (Å²) in [5, 5.41) is 29.2. The van der Waals surface area contributed by atoms with Gasteiger partial charge in [0, 0.05) is 21.5 Å². The fourth-order valence-electron chi connectivity index (χ4n) is 4.42. The zero-order chi connectivity index (χ0) is 19.4. The molecule has 0 spiro atoms. The van der Waals surface area contributed by atoms with E-state index in [4.69, 9.17) is 0 Å². The summed E-state index contributed by atoms with van der Waals surface area (Å²) in [6.45, 7) is 4.34. The maximum atomic E-state index is 11.1. The highest BCUT2D eigenvalue weighted by Gasteiger charge is 2.15. The summed E-state index contributed by atoms with van der Waals surface area (Å²) in [6.07, 6.45) is 1.97. The van der Waals surface area contributed by atoms with Crippen molar-refractivity contribution in [3.05, 3.63) is 71.8 Å². The van der Waals surface area contributed by atoms with Crippen molar-refractivity contribution in [1.82, 2.24) is 0 Å². The Labute approximate surface area is 163 Å². The van der Waals surface area contributed by atoms with Gasteiger partial charge in [-0.15, -0.1) is 0 Å². The third-order valence-corrected chi connectivity index (χ3v) is 5.96. The molecule has 2 nitrogen and oxygen atoms in total. The van der Waals surface area contributed by atoms with Crippen LogP contribution in [0.1, 0.15) is 25.0 Å². The highest BCUT2D eigenvalue weighted by Crippen LogP contribution is 2.44. The quantitative estimate of drug-likeness (QED) is 0.265. The van der Waals surface area contributed by atoms with E-state index >= 15 is 0 Å². The van der Waals surface area contributed by atoms with Crippen LogP contribution in [0.2, 0.25) is 0 Å². The van der Waals surface area contributed by atoms with Gasteiger partial charge in [0.15, 0.2) is 0 Å². The second kappa shape index (κ2) is 6.13. The van der Waals surface area contributed by atoms with E-state index in [9.17, 15) is 10.2 Å². The van der Waals surface area contributed by atoms with E-state index in [1.807, 2.05) is 48.5 Å². The third kappa shape index (κ3) is 2.34. The normalized spacial score (nSPS) is 11.8. The number of hydrogen-bond acceptors (Lipinski definition) is 2. The number of rotatable bonds is 2. The van der Waals surface area contributed by atoms with Gasteiger partial charge in [0.25, 0.3) is 0 Å². The van der Waals surface area contributed by atoms with E-state index < -0.39 is 0 Å². The molecule has 0 heterocycles. The predicted octanol–water partition coefficient (Wildman–Crippen LogP) is 6.84. The molecule has 0 atom stereocenters. The Balaban J connectivity index is 1.94. The second-order valence-corrected chi connectivity index (χ2v) is 7.52. The van der Waals surface area contributed by atoms with Crippen LogP contribution in [-0.4, -0.2) is 10.2 Å². The molecular formula is C26H22O2. The molecule has 0 aliphatic heterocycles. The number of fused-ring (bicyclic) bond motifs is 4. The zero-order valence-electron chi connectivity index (χ0n) is 16.1. The highest BCUT2D eigenvalue weighted by molar-refractivity contribution is 6.16. The van der Waals surface area contributed by atoms with Crippen molar-refractivity contribution >= 4 is 43.1 Å². The maximum absolute atomic E-state index is 11.1. The lowest BCUT2D eigenvalue weighted by atomic mass is 9.92. The van der Waals surface area contributed by atoms with Gasteiger partial charge in [-0.05, 0) is 69.8 Å². The van der Waals surface area contributed by atoms with Crippen molar-refractivity contribution in [1.29, 1.82) is 0 Å². The minimum absolute atomic E-state index is 0.230. The first-order valence-corrected chi connectivity index (χ1v) is 9.86. The summed E-state index contributed by atoms with van der Waals surface area (Å²) in [7, 11) is 0. The molecule has 0 radical (unpaired) electrons. The van der Waals surface area contributed by atoms with Crippen LogP contribution >= 0.6 is 0 Å². The molecule has 0 saturated heterocycles. The Bertz CT molecular complexity index is 1290. The topological polar surface area (TPSA) is 40.5 Å². The van der Waals surface area contributed by atoms with E-state index in [0.29, 0.717) is 21.5 Å². The van der Waals surface area contributed by atoms with Crippen molar-refractivity contribution in [2.45, 2.75) is 26.7 Å². The molecule has 2 heteroatoms. The number of aromatic hydroxyl groups is 2. The van der Waals surface area contributed by atoms with Crippen LogP contribution in [0.3, 0.4) is 0 Å². The van der Waals surface area contributed by atoms with Crippen molar-refractivity contribution in [3.63, 3.8) is 0 Å². The molecule has 0 fully saturated rings. The van der Waals surface area contributed by atoms with Gasteiger partial charge in [0.05, 0.1) is 0 Å². The molecule has 0 aliphatic carbocycles. The van der Waals surface area contributed by atoms with Crippen LogP contribution in [0.15, 0.2) is 60.7 Å². The first-order chi connectivity index (χ1) is 13.6. The van der Waals surface area contributed by atoms with Crippen LogP contribution in [0, 0.1) is 0 Å². The van der Waals surface area contributed by atoms with Gasteiger partial charge in [-0.25, -0.2) is 0 Å². The van der Waals surface area contributed by atoms with Crippen LogP contribution in [0.5, 0.6) is 11.5 Å². The Kier molecular flexibility index (Phi) is 3.70. The zero-order valence-corrected chi connectivity index (χ0v) is 16.1. The molecule has 138 valence electrons.